The Hall–Kier alpha value is -2.28. The zero-order valence-electron chi connectivity index (χ0n) is 8.71. The summed E-state index contributed by atoms with van der Waals surface area (Å²) < 4.78 is 18.5. The van der Waals surface area contributed by atoms with Crippen LogP contribution in [0.1, 0.15) is 0 Å². The first-order chi connectivity index (χ1) is 8.58. The number of nitro groups is 1. The van der Waals surface area contributed by atoms with E-state index in [1.54, 1.807) is 0 Å². The SMILES string of the molecule is O=[N+]([O-])c1ccc(Oc2nccnc2Cl)cc1F. The van der Waals surface area contributed by atoms with E-state index in [0.29, 0.717) is 0 Å². The minimum Gasteiger partial charge on any atom is -0.436 e. The van der Waals surface area contributed by atoms with Crippen molar-refractivity contribution >= 4 is 17.3 Å². The lowest BCUT2D eigenvalue weighted by atomic mass is 10.3. The summed E-state index contributed by atoms with van der Waals surface area (Å²) in [5.41, 5.74) is -0.632. The summed E-state index contributed by atoms with van der Waals surface area (Å²) in [5, 5.41) is 10.4. The molecule has 92 valence electrons. The lowest BCUT2D eigenvalue weighted by Crippen LogP contribution is -1.94. The number of nitro benzene ring substituents is 1. The third-order valence-electron chi connectivity index (χ3n) is 1.95. The highest BCUT2D eigenvalue weighted by Crippen LogP contribution is 2.28. The van der Waals surface area contributed by atoms with Gasteiger partial charge in [0.1, 0.15) is 5.75 Å². The summed E-state index contributed by atoms with van der Waals surface area (Å²) in [6.45, 7) is 0. The number of rotatable bonds is 3. The van der Waals surface area contributed by atoms with Crippen molar-refractivity contribution in [3.05, 3.63) is 51.7 Å². The maximum absolute atomic E-state index is 13.3. The van der Waals surface area contributed by atoms with E-state index < -0.39 is 16.4 Å². The van der Waals surface area contributed by atoms with E-state index >= 15 is 0 Å². The third-order valence-corrected chi connectivity index (χ3v) is 2.21. The van der Waals surface area contributed by atoms with Crippen LogP contribution in [-0.2, 0) is 0 Å². The molecule has 0 radical (unpaired) electrons. The lowest BCUT2D eigenvalue weighted by molar-refractivity contribution is -0.387. The quantitative estimate of drug-likeness (QED) is 0.632. The van der Waals surface area contributed by atoms with Gasteiger partial charge in [-0.3, -0.25) is 10.1 Å². The van der Waals surface area contributed by atoms with Crippen LogP contribution in [0.25, 0.3) is 0 Å². The van der Waals surface area contributed by atoms with Crippen LogP contribution in [0.3, 0.4) is 0 Å². The zero-order chi connectivity index (χ0) is 13.1. The highest BCUT2D eigenvalue weighted by molar-refractivity contribution is 6.30. The average molecular weight is 270 g/mol. The molecule has 0 spiro atoms. The first kappa shape index (κ1) is 12.2. The molecule has 1 aromatic heterocycles. The Labute approximate surface area is 105 Å². The van der Waals surface area contributed by atoms with Crippen molar-refractivity contribution in [3.8, 4) is 11.6 Å². The van der Waals surface area contributed by atoms with Crippen LogP contribution in [0, 0.1) is 15.9 Å². The Morgan fingerprint density at radius 1 is 1.33 bits per heavy atom. The molecule has 0 atom stereocenters. The van der Waals surface area contributed by atoms with E-state index in [1.807, 2.05) is 0 Å². The van der Waals surface area contributed by atoms with Crippen LogP contribution in [0.5, 0.6) is 11.6 Å². The molecule has 0 aliphatic carbocycles. The smallest absolute Gasteiger partial charge is 0.305 e. The zero-order valence-corrected chi connectivity index (χ0v) is 9.46. The molecule has 1 aromatic carbocycles. The first-order valence-electron chi connectivity index (χ1n) is 4.66. The molecule has 0 aliphatic rings. The molecule has 18 heavy (non-hydrogen) atoms. The van der Waals surface area contributed by atoms with E-state index in [-0.39, 0.29) is 16.8 Å². The number of nitrogens with zero attached hydrogens (tertiary/aromatic N) is 3. The van der Waals surface area contributed by atoms with Crippen LogP contribution in [0.15, 0.2) is 30.6 Å². The fourth-order valence-electron chi connectivity index (χ4n) is 1.19. The van der Waals surface area contributed by atoms with Gasteiger partial charge in [-0.25, -0.2) is 9.97 Å². The van der Waals surface area contributed by atoms with Crippen LogP contribution < -0.4 is 4.74 Å². The van der Waals surface area contributed by atoms with Crippen LogP contribution in [0.2, 0.25) is 5.15 Å². The fourth-order valence-corrected chi connectivity index (χ4v) is 1.33. The standard InChI is InChI=1S/C10H5ClFN3O3/c11-9-10(14-4-3-13-9)18-6-1-2-8(15(16)17)7(12)5-6/h1-5H. The van der Waals surface area contributed by atoms with E-state index in [1.165, 1.54) is 18.5 Å². The van der Waals surface area contributed by atoms with Crippen LogP contribution in [-0.4, -0.2) is 14.9 Å². The molecule has 0 saturated carbocycles. The van der Waals surface area contributed by atoms with Gasteiger partial charge in [-0.2, -0.15) is 4.39 Å². The highest BCUT2D eigenvalue weighted by atomic mass is 35.5. The summed E-state index contributed by atoms with van der Waals surface area (Å²) in [5.74, 6) is -0.967. The molecule has 0 aliphatic heterocycles. The monoisotopic (exact) mass is 269 g/mol. The molecule has 2 rings (SSSR count). The molecular weight excluding hydrogens is 265 g/mol. The summed E-state index contributed by atoms with van der Waals surface area (Å²) >= 11 is 5.70. The number of halogens is 2. The van der Waals surface area contributed by atoms with Crippen molar-refractivity contribution in [1.29, 1.82) is 0 Å². The van der Waals surface area contributed by atoms with Crippen molar-refractivity contribution in [3.63, 3.8) is 0 Å². The maximum atomic E-state index is 13.3. The fraction of sp³-hybridized carbons (Fsp3) is 0. The lowest BCUT2D eigenvalue weighted by Gasteiger charge is -2.05. The minimum atomic E-state index is -1.00. The van der Waals surface area contributed by atoms with Crippen LogP contribution in [0.4, 0.5) is 10.1 Å². The van der Waals surface area contributed by atoms with Gasteiger partial charge < -0.3 is 4.74 Å². The number of ether oxygens (including phenoxy) is 1. The summed E-state index contributed by atoms with van der Waals surface area (Å²) in [4.78, 5) is 17.1. The minimum absolute atomic E-state index is 0.00702. The van der Waals surface area contributed by atoms with Gasteiger partial charge in [0.05, 0.1) is 4.92 Å². The Bertz CT molecular complexity index is 609. The average Bonchev–Trinajstić information content (AvgIpc) is 2.32. The summed E-state index contributed by atoms with van der Waals surface area (Å²) in [6, 6.07) is 3.12. The summed E-state index contributed by atoms with van der Waals surface area (Å²) in [7, 11) is 0. The van der Waals surface area contributed by atoms with E-state index in [0.717, 1.165) is 12.1 Å². The van der Waals surface area contributed by atoms with Gasteiger partial charge in [-0.1, -0.05) is 11.6 Å². The van der Waals surface area contributed by atoms with Gasteiger partial charge in [-0.15, -0.1) is 0 Å². The third kappa shape index (κ3) is 2.51. The Morgan fingerprint density at radius 3 is 2.67 bits per heavy atom. The van der Waals surface area contributed by atoms with Gasteiger partial charge in [0, 0.05) is 24.5 Å². The van der Waals surface area contributed by atoms with Crippen molar-refractivity contribution in [2.75, 3.05) is 0 Å². The van der Waals surface area contributed by atoms with Gasteiger partial charge in [-0.05, 0) is 6.07 Å². The van der Waals surface area contributed by atoms with Gasteiger partial charge in [0.2, 0.25) is 5.82 Å². The Balaban J connectivity index is 2.29. The summed E-state index contributed by atoms with van der Waals surface area (Å²) in [6.07, 6.45) is 2.72. The normalized spacial score (nSPS) is 10.1. The largest absolute Gasteiger partial charge is 0.436 e. The predicted molar refractivity (Wildman–Crippen MR) is 60.2 cm³/mol. The Kier molecular flexibility index (Phi) is 3.33. The van der Waals surface area contributed by atoms with Gasteiger partial charge >= 0.3 is 5.69 Å². The molecule has 0 unspecified atom stereocenters. The molecule has 0 amide bonds. The van der Waals surface area contributed by atoms with Crippen LogP contribution >= 0.6 is 11.6 Å². The van der Waals surface area contributed by atoms with Crippen molar-refractivity contribution in [1.82, 2.24) is 9.97 Å². The molecule has 6 nitrogen and oxygen atoms in total. The van der Waals surface area contributed by atoms with E-state index in [2.05, 4.69) is 9.97 Å². The molecule has 0 fully saturated rings. The Morgan fingerprint density at radius 2 is 2.06 bits per heavy atom. The number of hydrogen-bond donors (Lipinski definition) is 0. The molecular formula is C10H5ClFN3O3. The first-order valence-corrected chi connectivity index (χ1v) is 5.04. The predicted octanol–water partition coefficient (Wildman–Crippen LogP) is 2.97. The molecule has 0 saturated heterocycles. The van der Waals surface area contributed by atoms with E-state index in [4.69, 9.17) is 16.3 Å². The van der Waals surface area contributed by atoms with Gasteiger partial charge in [0.25, 0.3) is 5.88 Å². The molecule has 1 heterocycles. The van der Waals surface area contributed by atoms with Crippen molar-refractivity contribution in [2.45, 2.75) is 0 Å². The van der Waals surface area contributed by atoms with E-state index in [9.17, 15) is 14.5 Å². The second kappa shape index (κ2) is 4.92. The molecule has 0 bridgehead atoms. The maximum Gasteiger partial charge on any atom is 0.305 e. The molecule has 8 heteroatoms. The number of benzene rings is 1. The number of aromatic nitrogens is 2. The molecule has 0 N–H and O–H groups in total. The second-order valence-electron chi connectivity index (χ2n) is 3.12. The number of hydrogen-bond acceptors (Lipinski definition) is 5. The highest BCUT2D eigenvalue weighted by Gasteiger charge is 2.15. The molecule has 2 aromatic rings. The van der Waals surface area contributed by atoms with Gasteiger partial charge in [0.15, 0.2) is 5.15 Å². The topological polar surface area (TPSA) is 78.2 Å². The van der Waals surface area contributed by atoms with Crippen molar-refractivity contribution in [2.24, 2.45) is 0 Å². The second-order valence-corrected chi connectivity index (χ2v) is 3.48. The van der Waals surface area contributed by atoms with Crippen molar-refractivity contribution < 1.29 is 14.1 Å².